The minimum absolute atomic E-state index is 0.0162. The monoisotopic (exact) mass is 448 g/mol. The summed E-state index contributed by atoms with van der Waals surface area (Å²) in [5, 5.41) is 13.7. The highest BCUT2D eigenvalue weighted by Gasteiger charge is 2.50. The van der Waals surface area contributed by atoms with Gasteiger partial charge in [0, 0.05) is 43.1 Å². The van der Waals surface area contributed by atoms with Gasteiger partial charge in [0.05, 0.1) is 5.56 Å². The first kappa shape index (κ1) is 20.8. The Morgan fingerprint density at radius 1 is 1.19 bits per heavy atom. The zero-order valence-corrected chi connectivity index (χ0v) is 17.5. The Kier molecular flexibility index (Phi) is 4.72. The predicted octanol–water partition coefficient (Wildman–Crippen LogP) is 2.92. The lowest BCUT2D eigenvalue weighted by Crippen LogP contribution is -2.50. The number of hydrogen-bond donors (Lipinski definition) is 1. The lowest BCUT2D eigenvalue weighted by atomic mass is 10.0. The lowest BCUT2D eigenvalue weighted by molar-refractivity contribution is -0.138. The van der Waals surface area contributed by atoms with Gasteiger partial charge in [-0.2, -0.15) is 18.3 Å². The summed E-state index contributed by atoms with van der Waals surface area (Å²) in [5.41, 5.74) is 1.78. The van der Waals surface area contributed by atoms with Gasteiger partial charge in [-0.05, 0) is 49.3 Å². The number of carboxylic acid groups (broad SMARTS) is 1. The first-order valence-corrected chi connectivity index (χ1v) is 10.7. The summed E-state index contributed by atoms with van der Waals surface area (Å²) >= 11 is 0. The molecule has 32 heavy (non-hydrogen) atoms. The normalized spacial score (nSPS) is 22.0. The highest BCUT2D eigenvalue weighted by Crippen LogP contribution is 2.57. The van der Waals surface area contributed by atoms with Gasteiger partial charge in [-0.15, -0.1) is 0 Å². The maximum atomic E-state index is 13.2. The molecule has 1 aromatic carbocycles. The number of aromatic nitrogens is 2. The molecule has 1 saturated heterocycles. The van der Waals surface area contributed by atoms with Gasteiger partial charge >= 0.3 is 12.1 Å². The minimum atomic E-state index is -4.41. The molecule has 1 aromatic heterocycles. The Bertz CT molecular complexity index is 1100. The number of piperazine rings is 1. The van der Waals surface area contributed by atoms with Crippen LogP contribution in [0.3, 0.4) is 0 Å². The van der Waals surface area contributed by atoms with Crippen molar-refractivity contribution in [3.8, 4) is 0 Å². The van der Waals surface area contributed by atoms with Crippen LogP contribution in [0.4, 0.5) is 18.9 Å². The maximum Gasteiger partial charge on any atom is 0.416 e. The summed E-state index contributed by atoms with van der Waals surface area (Å²) in [6, 6.07) is 4.16. The van der Waals surface area contributed by atoms with Gasteiger partial charge in [0.2, 0.25) is 5.91 Å². The van der Waals surface area contributed by atoms with Crippen LogP contribution in [-0.4, -0.2) is 57.8 Å². The number of carboxylic acids is 1. The number of anilines is 1. The number of rotatable bonds is 4. The third kappa shape index (κ3) is 3.41. The van der Waals surface area contributed by atoms with Gasteiger partial charge in [-0.1, -0.05) is 6.07 Å². The molecule has 170 valence electrons. The van der Waals surface area contributed by atoms with Crippen LogP contribution in [0.15, 0.2) is 18.2 Å². The lowest BCUT2D eigenvalue weighted by Gasteiger charge is -2.37. The molecule has 7 nitrogen and oxygen atoms in total. The molecule has 0 spiro atoms. The molecule has 1 amide bonds. The zero-order valence-electron chi connectivity index (χ0n) is 17.5. The summed E-state index contributed by atoms with van der Waals surface area (Å²) in [7, 11) is 0. The summed E-state index contributed by atoms with van der Waals surface area (Å²) in [5.74, 6) is -0.487. The standard InChI is InChI=1S/C22H23F3N4O3/c1-12-15(22(23,24)25)3-2-4-16(12)27-5-7-28(8-6-27)18(30)11-29-17-10-13-9-14(13)19(17)20(26-29)21(31)32/h2-4,13-14H,5-11H2,1H3,(H,31,32). The van der Waals surface area contributed by atoms with Crippen molar-refractivity contribution in [3.05, 3.63) is 46.3 Å². The van der Waals surface area contributed by atoms with E-state index in [-0.39, 0.29) is 29.6 Å². The number of carbonyl (C=O) groups is 2. The Labute approximate surface area is 182 Å². The molecule has 10 heteroatoms. The van der Waals surface area contributed by atoms with Crippen molar-refractivity contribution in [2.45, 2.75) is 38.4 Å². The minimum Gasteiger partial charge on any atom is -0.476 e. The first-order valence-electron chi connectivity index (χ1n) is 10.7. The molecule has 1 saturated carbocycles. The number of amides is 1. The van der Waals surface area contributed by atoms with Crippen molar-refractivity contribution in [1.82, 2.24) is 14.7 Å². The Morgan fingerprint density at radius 2 is 1.91 bits per heavy atom. The average Bonchev–Trinajstić information content (AvgIpc) is 3.26. The van der Waals surface area contributed by atoms with Gasteiger partial charge in [0.1, 0.15) is 6.54 Å². The fourth-order valence-corrected chi connectivity index (χ4v) is 5.18. The van der Waals surface area contributed by atoms with Crippen LogP contribution < -0.4 is 4.90 Å². The van der Waals surface area contributed by atoms with E-state index < -0.39 is 17.7 Å². The van der Waals surface area contributed by atoms with Crippen LogP contribution >= 0.6 is 0 Å². The highest BCUT2D eigenvalue weighted by molar-refractivity contribution is 5.88. The predicted molar refractivity (Wildman–Crippen MR) is 109 cm³/mol. The van der Waals surface area contributed by atoms with Crippen LogP contribution in [0.2, 0.25) is 0 Å². The number of carbonyl (C=O) groups excluding carboxylic acids is 1. The van der Waals surface area contributed by atoms with Crippen molar-refractivity contribution >= 4 is 17.6 Å². The third-order valence-corrected chi connectivity index (χ3v) is 6.92. The second-order valence-electron chi connectivity index (χ2n) is 8.79. The first-order chi connectivity index (χ1) is 15.1. The number of benzene rings is 1. The number of halogens is 3. The molecule has 0 bridgehead atoms. The molecule has 2 unspecified atom stereocenters. The highest BCUT2D eigenvalue weighted by atomic mass is 19.4. The number of aromatic carboxylic acids is 1. The largest absolute Gasteiger partial charge is 0.476 e. The van der Waals surface area contributed by atoms with Crippen molar-refractivity contribution in [2.75, 3.05) is 31.1 Å². The molecule has 5 rings (SSSR count). The van der Waals surface area contributed by atoms with E-state index in [2.05, 4.69) is 5.10 Å². The molecular formula is C22H23F3N4O3. The molecule has 2 aliphatic carbocycles. The molecule has 3 aliphatic rings. The van der Waals surface area contributed by atoms with E-state index in [1.165, 1.54) is 17.7 Å². The van der Waals surface area contributed by atoms with Crippen molar-refractivity contribution in [1.29, 1.82) is 0 Å². The zero-order chi connectivity index (χ0) is 22.8. The summed E-state index contributed by atoms with van der Waals surface area (Å²) in [6.45, 7) is 3.07. The van der Waals surface area contributed by atoms with Crippen LogP contribution in [-0.2, 0) is 23.9 Å². The van der Waals surface area contributed by atoms with Gasteiger partial charge in [-0.25, -0.2) is 4.79 Å². The Balaban J connectivity index is 1.26. The topological polar surface area (TPSA) is 78.7 Å². The van der Waals surface area contributed by atoms with Crippen LogP contribution in [0, 0.1) is 12.8 Å². The van der Waals surface area contributed by atoms with Gasteiger partial charge in [0.15, 0.2) is 5.69 Å². The van der Waals surface area contributed by atoms with E-state index in [1.54, 1.807) is 11.0 Å². The fourth-order valence-electron chi connectivity index (χ4n) is 5.18. The van der Waals surface area contributed by atoms with E-state index >= 15 is 0 Å². The van der Waals surface area contributed by atoms with E-state index in [0.29, 0.717) is 37.8 Å². The van der Waals surface area contributed by atoms with Crippen molar-refractivity contribution in [2.24, 2.45) is 5.92 Å². The second kappa shape index (κ2) is 7.25. The molecular weight excluding hydrogens is 425 g/mol. The van der Waals surface area contributed by atoms with Crippen molar-refractivity contribution in [3.63, 3.8) is 0 Å². The molecule has 2 fully saturated rings. The fraction of sp³-hybridized carbons (Fsp3) is 0.500. The van der Waals surface area contributed by atoms with E-state index in [4.69, 9.17) is 0 Å². The van der Waals surface area contributed by atoms with Crippen molar-refractivity contribution < 1.29 is 27.9 Å². The van der Waals surface area contributed by atoms with E-state index in [1.807, 2.05) is 4.90 Å². The van der Waals surface area contributed by atoms with Crippen LogP contribution in [0.1, 0.15) is 45.2 Å². The number of alkyl halides is 3. The van der Waals surface area contributed by atoms with Crippen LogP contribution in [0.25, 0.3) is 0 Å². The van der Waals surface area contributed by atoms with Crippen LogP contribution in [0.5, 0.6) is 0 Å². The smallest absolute Gasteiger partial charge is 0.416 e. The molecule has 2 aromatic rings. The second-order valence-corrected chi connectivity index (χ2v) is 8.79. The van der Waals surface area contributed by atoms with E-state index in [0.717, 1.165) is 30.2 Å². The summed E-state index contributed by atoms with van der Waals surface area (Å²) in [6.07, 6.45) is -2.66. The molecule has 1 aliphatic heterocycles. The number of nitrogens with zero attached hydrogens (tertiary/aromatic N) is 4. The van der Waals surface area contributed by atoms with E-state index in [9.17, 15) is 27.9 Å². The summed E-state index contributed by atoms with van der Waals surface area (Å²) < 4.78 is 41.2. The van der Waals surface area contributed by atoms with Gasteiger partial charge in [0.25, 0.3) is 0 Å². The maximum absolute atomic E-state index is 13.2. The molecule has 2 heterocycles. The summed E-state index contributed by atoms with van der Waals surface area (Å²) in [4.78, 5) is 28.0. The molecule has 2 atom stereocenters. The third-order valence-electron chi connectivity index (χ3n) is 6.92. The Morgan fingerprint density at radius 3 is 2.56 bits per heavy atom. The number of fused-ring (bicyclic) bond motifs is 3. The molecule has 1 N–H and O–H groups in total. The number of hydrogen-bond acceptors (Lipinski definition) is 4. The quantitative estimate of drug-likeness (QED) is 0.778. The van der Waals surface area contributed by atoms with Gasteiger partial charge < -0.3 is 14.9 Å². The average molecular weight is 448 g/mol. The SMILES string of the molecule is Cc1c(N2CCN(C(=O)Cn3nc(C(=O)O)c4c3CC3CC43)CC2)cccc1C(F)(F)F. The molecule has 0 radical (unpaired) electrons. The van der Waals surface area contributed by atoms with Gasteiger partial charge in [-0.3, -0.25) is 9.48 Å². The Hall–Kier alpha value is -3.04.